The molecular weight excluding hydrogens is 396 g/mol. The minimum absolute atomic E-state index is 0.482. The van der Waals surface area contributed by atoms with Crippen LogP contribution in [0.25, 0.3) is 0 Å². The second-order valence-corrected chi connectivity index (χ2v) is 10.4. The van der Waals surface area contributed by atoms with E-state index in [9.17, 15) is 8.42 Å². The molecule has 2 aliphatic rings. The molecule has 0 saturated carbocycles. The Labute approximate surface area is 180 Å². The van der Waals surface area contributed by atoms with Crippen molar-refractivity contribution >= 4 is 21.6 Å². The molecule has 4 rings (SSSR count). The summed E-state index contributed by atoms with van der Waals surface area (Å²) in [7, 11) is -0.441. The van der Waals surface area contributed by atoms with E-state index >= 15 is 0 Å². The number of aryl methyl sites for hydroxylation is 1. The monoisotopic (exact) mass is 428 g/mol. The highest BCUT2D eigenvalue weighted by atomic mass is 32.2. The number of nitrogens with zero attached hydrogens (tertiary/aromatic N) is 2. The number of rotatable bonds is 6. The first kappa shape index (κ1) is 21.2. The van der Waals surface area contributed by atoms with Crippen molar-refractivity contribution in [3.63, 3.8) is 0 Å². The van der Waals surface area contributed by atoms with Gasteiger partial charge in [0.05, 0.1) is 0 Å². The molecular formula is C23H32N4O2S. The molecule has 1 heterocycles. The third-order valence-corrected chi connectivity index (χ3v) is 7.72. The third kappa shape index (κ3) is 4.79. The fraction of sp³-hybridized carbons (Fsp3) is 0.478. The molecule has 2 aromatic carbocycles. The minimum Gasteiger partial charge on any atom is -0.371 e. The van der Waals surface area contributed by atoms with Crippen LogP contribution in [0.5, 0.6) is 0 Å². The van der Waals surface area contributed by atoms with Crippen molar-refractivity contribution in [2.24, 2.45) is 0 Å². The van der Waals surface area contributed by atoms with E-state index < -0.39 is 10.2 Å². The lowest BCUT2D eigenvalue weighted by atomic mass is 9.87. The Balaban J connectivity index is 1.32. The van der Waals surface area contributed by atoms with Crippen molar-refractivity contribution in [3.05, 3.63) is 59.7 Å². The normalized spacial score (nSPS) is 20.2. The van der Waals surface area contributed by atoms with E-state index in [1.54, 1.807) is 0 Å². The average Bonchev–Trinajstić information content (AvgIpc) is 2.75. The van der Waals surface area contributed by atoms with Gasteiger partial charge in [0.1, 0.15) is 0 Å². The molecule has 1 aliphatic heterocycles. The van der Waals surface area contributed by atoms with Gasteiger partial charge < -0.3 is 10.2 Å². The SMILES string of the molecule is CN(C)S(=O)(=O)Nc1ccc(N2CCC(NC3CCCc4ccccc43)CC2)cc1. The van der Waals surface area contributed by atoms with Crippen LogP contribution in [-0.2, 0) is 16.6 Å². The quantitative estimate of drug-likeness (QED) is 0.739. The van der Waals surface area contributed by atoms with Crippen LogP contribution in [0, 0.1) is 0 Å². The number of anilines is 2. The summed E-state index contributed by atoms with van der Waals surface area (Å²) in [4.78, 5) is 2.39. The number of fused-ring (bicyclic) bond motifs is 1. The zero-order chi connectivity index (χ0) is 21.1. The summed E-state index contributed by atoms with van der Waals surface area (Å²) in [5.74, 6) is 0. The summed E-state index contributed by atoms with van der Waals surface area (Å²) in [6.45, 7) is 2.02. The molecule has 2 aromatic rings. The van der Waals surface area contributed by atoms with Crippen molar-refractivity contribution in [1.82, 2.24) is 9.62 Å². The first-order valence-electron chi connectivity index (χ1n) is 10.8. The molecule has 7 heteroatoms. The molecule has 1 fully saturated rings. The van der Waals surface area contributed by atoms with Gasteiger partial charge in [0.25, 0.3) is 0 Å². The van der Waals surface area contributed by atoms with Gasteiger partial charge in [-0.3, -0.25) is 4.72 Å². The highest BCUT2D eigenvalue weighted by Crippen LogP contribution is 2.31. The molecule has 0 aromatic heterocycles. The Morgan fingerprint density at radius 3 is 2.37 bits per heavy atom. The molecule has 30 heavy (non-hydrogen) atoms. The molecule has 1 unspecified atom stereocenters. The fourth-order valence-corrected chi connectivity index (χ4v) is 5.11. The van der Waals surface area contributed by atoms with Crippen LogP contribution in [-0.4, -0.2) is 45.9 Å². The fourth-order valence-electron chi connectivity index (χ4n) is 4.50. The summed E-state index contributed by atoms with van der Waals surface area (Å²) >= 11 is 0. The van der Waals surface area contributed by atoms with E-state index in [1.165, 1.54) is 48.8 Å². The molecule has 0 bridgehead atoms. The Kier molecular flexibility index (Phi) is 6.32. The predicted octanol–water partition coefficient (Wildman–Crippen LogP) is 3.54. The largest absolute Gasteiger partial charge is 0.371 e. The first-order chi connectivity index (χ1) is 14.4. The number of hydrogen-bond donors (Lipinski definition) is 2. The van der Waals surface area contributed by atoms with Crippen LogP contribution in [0.2, 0.25) is 0 Å². The van der Waals surface area contributed by atoms with Crippen molar-refractivity contribution in [2.75, 3.05) is 36.8 Å². The number of piperidine rings is 1. The standard InChI is InChI=1S/C23H32N4O2S/c1-26(2)30(28,29)25-20-10-12-21(13-11-20)27-16-14-19(15-17-27)24-23-9-5-7-18-6-3-4-8-22(18)23/h3-4,6,8,10-13,19,23-25H,5,7,9,14-17H2,1-2H3. The molecule has 1 aliphatic carbocycles. The molecule has 0 radical (unpaired) electrons. The summed E-state index contributed by atoms with van der Waals surface area (Å²) in [5, 5.41) is 3.92. The topological polar surface area (TPSA) is 64.7 Å². The van der Waals surface area contributed by atoms with Gasteiger partial charge in [0.15, 0.2) is 0 Å². The van der Waals surface area contributed by atoms with Gasteiger partial charge in [-0.2, -0.15) is 12.7 Å². The van der Waals surface area contributed by atoms with Gasteiger partial charge in [-0.15, -0.1) is 0 Å². The van der Waals surface area contributed by atoms with Crippen molar-refractivity contribution in [3.8, 4) is 0 Å². The van der Waals surface area contributed by atoms with Crippen LogP contribution in [0.1, 0.15) is 42.9 Å². The average molecular weight is 429 g/mol. The molecule has 2 N–H and O–H groups in total. The lowest BCUT2D eigenvalue weighted by Gasteiger charge is -2.37. The second kappa shape index (κ2) is 8.96. The van der Waals surface area contributed by atoms with E-state index in [1.807, 2.05) is 24.3 Å². The minimum atomic E-state index is -3.47. The predicted molar refractivity (Wildman–Crippen MR) is 123 cm³/mol. The van der Waals surface area contributed by atoms with Crippen LogP contribution in [0.3, 0.4) is 0 Å². The second-order valence-electron chi connectivity index (χ2n) is 8.51. The van der Waals surface area contributed by atoms with Crippen molar-refractivity contribution in [1.29, 1.82) is 0 Å². The highest BCUT2D eigenvalue weighted by molar-refractivity contribution is 7.90. The van der Waals surface area contributed by atoms with E-state index in [-0.39, 0.29) is 0 Å². The summed E-state index contributed by atoms with van der Waals surface area (Å²) in [6, 6.07) is 17.6. The van der Waals surface area contributed by atoms with Gasteiger partial charge in [-0.25, -0.2) is 0 Å². The van der Waals surface area contributed by atoms with E-state index in [0.29, 0.717) is 17.8 Å². The van der Waals surface area contributed by atoms with Gasteiger partial charge in [0, 0.05) is 50.6 Å². The van der Waals surface area contributed by atoms with Crippen LogP contribution in [0.15, 0.2) is 48.5 Å². The molecule has 162 valence electrons. The number of benzene rings is 2. The lowest BCUT2D eigenvalue weighted by Crippen LogP contribution is -2.44. The maximum atomic E-state index is 12.0. The molecule has 6 nitrogen and oxygen atoms in total. The number of nitrogens with one attached hydrogen (secondary N) is 2. The van der Waals surface area contributed by atoms with Gasteiger partial charge in [-0.1, -0.05) is 24.3 Å². The highest BCUT2D eigenvalue weighted by Gasteiger charge is 2.25. The van der Waals surface area contributed by atoms with E-state index in [0.717, 1.165) is 31.6 Å². The number of hydrogen-bond acceptors (Lipinski definition) is 4. The van der Waals surface area contributed by atoms with Gasteiger partial charge in [0.2, 0.25) is 0 Å². The summed E-state index contributed by atoms with van der Waals surface area (Å²) in [6.07, 6.45) is 5.92. The Morgan fingerprint density at radius 2 is 1.67 bits per heavy atom. The van der Waals surface area contributed by atoms with Crippen LogP contribution < -0.4 is 14.9 Å². The van der Waals surface area contributed by atoms with Crippen molar-refractivity contribution < 1.29 is 8.42 Å². The zero-order valence-electron chi connectivity index (χ0n) is 17.8. The maximum absolute atomic E-state index is 12.0. The van der Waals surface area contributed by atoms with Gasteiger partial charge in [-0.05, 0) is 67.5 Å². The lowest BCUT2D eigenvalue weighted by molar-refractivity contribution is 0.346. The zero-order valence-corrected chi connectivity index (χ0v) is 18.7. The molecule has 1 saturated heterocycles. The van der Waals surface area contributed by atoms with E-state index in [2.05, 4.69) is 39.2 Å². The Morgan fingerprint density at radius 1 is 0.967 bits per heavy atom. The molecule has 0 spiro atoms. The van der Waals surface area contributed by atoms with Crippen molar-refractivity contribution in [2.45, 2.75) is 44.2 Å². The van der Waals surface area contributed by atoms with Crippen LogP contribution in [0.4, 0.5) is 11.4 Å². The molecule has 1 atom stereocenters. The summed E-state index contributed by atoms with van der Waals surface area (Å²) in [5.41, 5.74) is 4.72. The smallest absolute Gasteiger partial charge is 0.301 e. The van der Waals surface area contributed by atoms with Crippen LogP contribution >= 0.6 is 0 Å². The summed E-state index contributed by atoms with van der Waals surface area (Å²) < 4.78 is 27.7. The maximum Gasteiger partial charge on any atom is 0.301 e. The molecule has 0 amide bonds. The third-order valence-electron chi connectivity index (χ3n) is 6.26. The Bertz CT molecular complexity index is 951. The van der Waals surface area contributed by atoms with E-state index in [4.69, 9.17) is 0 Å². The van der Waals surface area contributed by atoms with Gasteiger partial charge >= 0.3 is 10.2 Å². The first-order valence-corrected chi connectivity index (χ1v) is 12.3. The Hall–Kier alpha value is -2.09.